The van der Waals surface area contributed by atoms with Gasteiger partial charge in [0.05, 0.1) is 0 Å². The van der Waals surface area contributed by atoms with Gasteiger partial charge in [-0.05, 0) is 42.2 Å². The second-order valence-electron chi connectivity index (χ2n) is 5.97. The number of rotatable bonds is 8. The van der Waals surface area contributed by atoms with E-state index in [0.717, 1.165) is 5.56 Å². The molecule has 0 aliphatic heterocycles. The summed E-state index contributed by atoms with van der Waals surface area (Å²) >= 11 is 0. The topological polar surface area (TPSA) is 78.4 Å². The third-order valence-electron chi connectivity index (χ3n) is 3.91. The van der Waals surface area contributed by atoms with Gasteiger partial charge < -0.3 is 15.7 Å². The summed E-state index contributed by atoms with van der Waals surface area (Å²) in [6.07, 6.45) is 0.924. The van der Waals surface area contributed by atoms with Gasteiger partial charge in [0.25, 0.3) is 5.91 Å². The molecule has 5 nitrogen and oxygen atoms in total. The Morgan fingerprint density at radius 1 is 1.04 bits per heavy atom. The summed E-state index contributed by atoms with van der Waals surface area (Å²) in [4.78, 5) is 24.1. The van der Waals surface area contributed by atoms with Crippen LogP contribution in [0.3, 0.4) is 0 Å². The second kappa shape index (κ2) is 9.59. The first-order valence-electron chi connectivity index (χ1n) is 8.44. The van der Waals surface area contributed by atoms with Gasteiger partial charge in [0.2, 0.25) is 5.91 Å². The molecule has 0 fully saturated rings. The number of aliphatic hydroxyl groups excluding tert-OH is 1. The molecule has 0 saturated heterocycles. The van der Waals surface area contributed by atoms with Crippen LogP contribution in [0.2, 0.25) is 0 Å². The number of carbonyl (C=O) groups is 2. The molecular weight excluding hydrogens is 316 g/mol. The van der Waals surface area contributed by atoms with E-state index in [9.17, 15) is 9.59 Å². The number of amides is 2. The summed E-state index contributed by atoms with van der Waals surface area (Å²) in [6.45, 7) is 2.51. The van der Waals surface area contributed by atoms with E-state index in [-0.39, 0.29) is 24.3 Å². The molecule has 0 spiro atoms. The van der Waals surface area contributed by atoms with Crippen LogP contribution < -0.4 is 10.6 Å². The molecule has 0 aromatic heterocycles. The first kappa shape index (κ1) is 18.7. The van der Waals surface area contributed by atoms with Gasteiger partial charge in [-0.2, -0.15) is 0 Å². The quantitative estimate of drug-likeness (QED) is 0.647. The van der Waals surface area contributed by atoms with E-state index in [2.05, 4.69) is 10.6 Å². The van der Waals surface area contributed by atoms with E-state index in [0.29, 0.717) is 30.6 Å². The predicted molar refractivity (Wildman–Crippen MR) is 98.6 cm³/mol. The molecule has 0 bridgehead atoms. The Kier molecular flexibility index (Phi) is 7.16. The van der Waals surface area contributed by atoms with Crippen LogP contribution in [0.15, 0.2) is 54.6 Å². The maximum Gasteiger partial charge on any atom is 0.251 e. The average molecular weight is 340 g/mol. The highest BCUT2D eigenvalue weighted by atomic mass is 16.3. The largest absolute Gasteiger partial charge is 0.396 e. The van der Waals surface area contributed by atoms with Gasteiger partial charge in [-0.1, -0.05) is 37.3 Å². The molecule has 0 aliphatic rings. The normalized spacial score (nSPS) is 11.6. The minimum atomic E-state index is -0.191. The number of hydrogen-bond donors (Lipinski definition) is 3. The van der Waals surface area contributed by atoms with Crippen LogP contribution in [-0.4, -0.2) is 30.1 Å². The molecule has 25 heavy (non-hydrogen) atoms. The van der Waals surface area contributed by atoms with Gasteiger partial charge in [0.1, 0.15) is 0 Å². The molecule has 2 amide bonds. The first-order chi connectivity index (χ1) is 12.1. The molecule has 2 rings (SSSR count). The Morgan fingerprint density at radius 2 is 1.72 bits per heavy atom. The highest BCUT2D eigenvalue weighted by Crippen LogP contribution is 2.19. The fourth-order valence-electron chi connectivity index (χ4n) is 2.48. The molecule has 0 heterocycles. The molecule has 2 aromatic rings. The number of aliphatic hydroxyl groups is 1. The molecule has 0 aliphatic carbocycles. The van der Waals surface area contributed by atoms with Crippen LogP contribution in [0, 0.1) is 0 Å². The van der Waals surface area contributed by atoms with E-state index >= 15 is 0 Å². The van der Waals surface area contributed by atoms with Gasteiger partial charge >= 0.3 is 0 Å². The van der Waals surface area contributed by atoms with Crippen molar-refractivity contribution in [3.05, 3.63) is 65.7 Å². The summed E-state index contributed by atoms with van der Waals surface area (Å²) in [5.41, 5.74) is 2.32. The molecule has 0 saturated carbocycles. The molecule has 0 radical (unpaired) electrons. The molecule has 1 atom stereocenters. The van der Waals surface area contributed by atoms with Crippen LogP contribution >= 0.6 is 0 Å². The van der Waals surface area contributed by atoms with Crippen molar-refractivity contribution in [1.82, 2.24) is 5.32 Å². The molecule has 3 N–H and O–H groups in total. The van der Waals surface area contributed by atoms with Gasteiger partial charge in [-0.15, -0.1) is 0 Å². The number of hydrogen-bond acceptors (Lipinski definition) is 3. The zero-order valence-electron chi connectivity index (χ0n) is 14.4. The number of benzene rings is 2. The van der Waals surface area contributed by atoms with Crippen LogP contribution in [0.5, 0.6) is 0 Å². The zero-order chi connectivity index (χ0) is 18.1. The molecule has 1 unspecified atom stereocenters. The Hall–Kier alpha value is -2.66. The lowest BCUT2D eigenvalue weighted by Gasteiger charge is -2.12. The third kappa shape index (κ3) is 6.04. The minimum Gasteiger partial charge on any atom is -0.396 e. The summed E-state index contributed by atoms with van der Waals surface area (Å²) in [7, 11) is 0. The van der Waals surface area contributed by atoms with Gasteiger partial charge in [0.15, 0.2) is 0 Å². The second-order valence-corrected chi connectivity index (χ2v) is 5.97. The Balaban J connectivity index is 1.86. The predicted octanol–water partition coefficient (Wildman–Crippen LogP) is 2.93. The average Bonchev–Trinajstić information content (AvgIpc) is 2.63. The molecular formula is C20H24N2O3. The fourth-order valence-corrected chi connectivity index (χ4v) is 2.48. The highest BCUT2D eigenvalue weighted by molar-refractivity contribution is 5.95. The lowest BCUT2D eigenvalue weighted by molar-refractivity contribution is -0.116. The number of anilines is 1. The first-order valence-corrected chi connectivity index (χ1v) is 8.44. The van der Waals surface area contributed by atoms with Crippen molar-refractivity contribution in [3.63, 3.8) is 0 Å². The lowest BCUT2D eigenvalue weighted by atomic mass is 9.97. The zero-order valence-corrected chi connectivity index (χ0v) is 14.4. The minimum absolute atomic E-state index is 0.0483. The van der Waals surface area contributed by atoms with Crippen molar-refractivity contribution in [1.29, 1.82) is 0 Å². The molecule has 5 heteroatoms. The summed E-state index contributed by atoms with van der Waals surface area (Å²) in [5, 5.41) is 14.3. The smallest absolute Gasteiger partial charge is 0.251 e. The number of nitrogens with one attached hydrogen (secondary N) is 2. The van der Waals surface area contributed by atoms with Crippen LogP contribution in [0.25, 0.3) is 0 Å². The monoisotopic (exact) mass is 340 g/mol. The van der Waals surface area contributed by atoms with Crippen molar-refractivity contribution in [3.8, 4) is 0 Å². The van der Waals surface area contributed by atoms with Gasteiger partial charge in [-0.3, -0.25) is 9.59 Å². The Bertz CT molecular complexity index is 684. The van der Waals surface area contributed by atoms with Crippen molar-refractivity contribution in [2.45, 2.75) is 25.7 Å². The van der Waals surface area contributed by atoms with Crippen molar-refractivity contribution in [2.75, 3.05) is 18.5 Å². The maximum atomic E-state index is 12.2. The van der Waals surface area contributed by atoms with Crippen LogP contribution in [-0.2, 0) is 4.79 Å². The summed E-state index contributed by atoms with van der Waals surface area (Å²) in [5.74, 6) is -0.113. The van der Waals surface area contributed by atoms with E-state index in [4.69, 9.17) is 5.11 Å². The summed E-state index contributed by atoms with van der Waals surface area (Å²) in [6, 6.07) is 16.7. The Morgan fingerprint density at radius 3 is 2.36 bits per heavy atom. The number of carbonyl (C=O) groups excluding carboxylic acids is 2. The standard InChI is InChI=1S/C20H24N2O3/c1-15(16-6-3-2-4-7-16)14-19(24)22-18-10-8-17(9-11-18)20(25)21-12-5-13-23/h2-4,6-11,15,23H,5,12-14H2,1H3,(H,21,25)(H,22,24). The lowest BCUT2D eigenvalue weighted by Crippen LogP contribution is -2.25. The fraction of sp³-hybridized carbons (Fsp3) is 0.300. The van der Waals surface area contributed by atoms with Crippen LogP contribution in [0.1, 0.15) is 41.6 Å². The van der Waals surface area contributed by atoms with E-state index in [1.807, 2.05) is 37.3 Å². The summed E-state index contributed by atoms with van der Waals surface area (Å²) < 4.78 is 0. The van der Waals surface area contributed by atoms with Crippen LogP contribution in [0.4, 0.5) is 5.69 Å². The van der Waals surface area contributed by atoms with Gasteiger partial charge in [0, 0.05) is 30.8 Å². The highest BCUT2D eigenvalue weighted by Gasteiger charge is 2.11. The molecule has 2 aromatic carbocycles. The molecule has 132 valence electrons. The van der Waals surface area contributed by atoms with E-state index < -0.39 is 0 Å². The van der Waals surface area contributed by atoms with Crippen molar-refractivity contribution < 1.29 is 14.7 Å². The van der Waals surface area contributed by atoms with Crippen molar-refractivity contribution in [2.24, 2.45) is 0 Å². The van der Waals surface area contributed by atoms with Gasteiger partial charge in [-0.25, -0.2) is 0 Å². The maximum absolute atomic E-state index is 12.2. The Labute approximate surface area is 148 Å². The third-order valence-corrected chi connectivity index (χ3v) is 3.91. The van der Waals surface area contributed by atoms with E-state index in [1.165, 1.54) is 0 Å². The van der Waals surface area contributed by atoms with Crippen molar-refractivity contribution >= 4 is 17.5 Å². The van der Waals surface area contributed by atoms with E-state index in [1.54, 1.807) is 24.3 Å². The SMILES string of the molecule is CC(CC(=O)Nc1ccc(C(=O)NCCCO)cc1)c1ccccc1.